The van der Waals surface area contributed by atoms with Crippen LogP contribution in [0.4, 0.5) is 4.79 Å². The van der Waals surface area contributed by atoms with Crippen LogP contribution >= 0.6 is 0 Å². The Morgan fingerprint density at radius 1 is 0.560 bits per heavy atom. The van der Waals surface area contributed by atoms with Gasteiger partial charge in [0.1, 0.15) is 66.0 Å². The Bertz CT molecular complexity index is 2530. The zero-order chi connectivity index (χ0) is 70.6. The van der Waals surface area contributed by atoms with E-state index >= 15 is 9.59 Å². The van der Waals surface area contributed by atoms with E-state index in [2.05, 4.69) is 26.6 Å². The topological polar surface area (TPSA) is 317 Å². The standard InChI is InChI=1S/C65H116N12O14/c1-26-28-29-41(13)53(79)52-57(83)69-44(27-2)59(85)71(19)35-49(78)72(20)45(30-31-66-64(90)91-65(16,17)18)55(81)70-50(39(9)10)62(88)73(21)46(32-36(3)4)56(82)67-42(14)54(80)68-43(15)58(84)74(22)47(33-37(5)6)60(86)75(23)48(34-38(7)8)61(87)76(24)51(40(11)12)63(89)77(52)25/h26,28,36-48,50-53,79H,27,29-35H2,1-25H3,(H,66,90)(H,67,82)(H,68,80)(H,69,83)(H,70,81)/t41-,42+,43-,44+,45+,46+,47+,48+,50+,51+,52+,53-/m1/s1. The van der Waals surface area contributed by atoms with Crippen molar-refractivity contribution in [2.75, 3.05) is 62.4 Å². The van der Waals surface area contributed by atoms with Crippen LogP contribution in [-0.2, 0) is 57.5 Å². The Kier molecular flexibility index (Phi) is 33.4. The average molecular weight is 1290 g/mol. The van der Waals surface area contributed by atoms with E-state index in [1.54, 1.807) is 81.4 Å². The highest BCUT2D eigenvalue weighted by Crippen LogP contribution is 2.26. The summed E-state index contributed by atoms with van der Waals surface area (Å²) in [6, 6.07) is -13.0. The van der Waals surface area contributed by atoms with Crippen LogP contribution in [0.25, 0.3) is 0 Å². The van der Waals surface area contributed by atoms with E-state index in [0.29, 0.717) is 0 Å². The molecule has 1 fully saturated rings. The monoisotopic (exact) mass is 1290 g/mol. The third kappa shape index (κ3) is 24.3. The normalized spacial score (nSPS) is 25.9. The van der Waals surface area contributed by atoms with Crippen molar-refractivity contribution < 1.29 is 67.4 Å². The lowest BCUT2D eigenvalue weighted by atomic mass is 9.91. The molecular formula is C65H116N12O14. The highest BCUT2D eigenvalue weighted by atomic mass is 16.6. The van der Waals surface area contributed by atoms with Crippen molar-refractivity contribution in [3.8, 4) is 0 Å². The first kappa shape index (κ1) is 82.2. The largest absolute Gasteiger partial charge is 0.444 e. The number of nitrogens with zero attached hydrogens (tertiary/aromatic N) is 7. The summed E-state index contributed by atoms with van der Waals surface area (Å²) in [5, 5.41) is 25.6. The number of hydrogen-bond donors (Lipinski definition) is 6. The second-order valence-corrected chi connectivity index (χ2v) is 27.7. The average Bonchev–Trinajstić information content (AvgIpc) is 0.886. The van der Waals surface area contributed by atoms with E-state index in [-0.39, 0.29) is 62.8 Å². The molecule has 0 radical (unpaired) electrons. The lowest BCUT2D eigenvalue weighted by Gasteiger charge is -2.41. The molecule has 0 unspecified atom stereocenters. The molecule has 0 aromatic rings. The molecule has 26 nitrogen and oxygen atoms in total. The predicted molar refractivity (Wildman–Crippen MR) is 348 cm³/mol. The molecule has 26 heteroatoms. The summed E-state index contributed by atoms with van der Waals surface area (Å²) in [6.45, 7) is 29.9. The first-order chi connectivity index (χ1) is 41.9. The molecule has 1 aliphatic rings. The number of likely N-dealkylation sites (N-methyl/N-ethyl adjacent to an activating group) is 7. The Labute approximate surface area is 542 Å². The van der Waals surface area contributed by atoms with Crippen molar-refractivity contribution in [2.45, 2.75) is 235 Å². The molecule has 0 aromatic carbocycles. The SMILES string of the molecule is CC=CC[C@@H](C)[C@@H](O)[C@H]1C(=O)N[C@@H](CC)C(=O)N(C)CC(=O)N(C)[C@@H](CCNC(=O)OC(C)(C)C)C(=O)N[C@@H](C(C)C)C(=O)N(C)[C@@H](CC(C)C)C(=O)N[C@@H](C)C(=O)N[C@H](C)C(=O)N(C)[C@@H](CC(C)C)C(=O)N(C)[C@@H](CC(C)C)C(=O)N(C)[C@@H](C(C)C)C(=O)N1C. The molecule has 0 bridgehead atoms. The van der Waals surface area contributed by atoms with Crippen LogP contribution in [0.1, 0.15) is 163 Å². The van der Waals surface area contributed by atoms with Gasteiger partial charge in [0.25, 0.3) is 0 Å². The maximum Gasteiger partial charge on any atom is 0.407 e. The highest BCUT2D eigenvalue weighted by Gasteiger charge is 2.46. The molecule has 1 rings (SSSR count). The minimum absolute atomic E-state index is 0.0297. The Hall–Kier alpha value is -6.86. The number of alkyl carbamates (subject to hydrolysis) is 1. The number of carbonyl (C=O) groups excluding carboxylic acids is 12. The molecule has 1 heterocycles. The van der Waals surface area contributed by atoms with Crippen LogP contribution in [0.2, 0.25) is 0 Å². The number of amides is 12. The van der Waals surface area contributed by atoms with Gasteiger partial charge < -0.3 is 70.7 Å². The summed E-state index contributed by atoms with van der Waals surface area (Å²) in [6.07, 6.45) is 1.62. The van der Waals surface area contributed by atoms with E-state index in [0.717, 1.165) is 14.7 Å². The number of ether oxygens (including phenoxy) is 1. The molecule has 0 aromatic heterocycles. The maximum atomic E-state index is 15.2. The van der Waals surface area contributed by atoms with Crippen LogP contribution in [0.3, 0.4) is 0 Å². The predicted octanol–water partition coefficient (Wildman–Crippen LogP) is 3.14. The fourth-order valence-corrected chi connectivity index (χ4v) is 10.9. The van der Waals surface area contributed by atoms with Gasteiger partial charge >= 0.3 is 6.09 Å². The summed E-state index contributed by atoms with van der Waals surface area (Å²) in [5.41, 5.74) is -0.878. The number of aliphatic hydroxyl groups is 1. The van der Waals surface area contributed by atoms with E-state index < -0.39 is 167 Å². The van der Waals surface area contributed by atoms with Gasteiger partial charge in [0.05, 0.1) is 12.6 Å². The Balaban J connectivity index is 4.38. The fraction of sp³-hybridized carbons (Fsp3) is 0.785. The number of allylic oxidation sites excluding steroid dienone is 2. The third-order valence-corrected chi connectivity index (χ3v) is 16.5. The van der Waals surface area contributed by atoms with E-state index in [1.165, 1.54) is 82.8 Å². The second kappa shape index (κ2) is 37.0. The molecule has 0 saturated carbocycles. The minimum atomic E-state index is -1.65. The molecule has 520 valence electrons. The number of rotatable bonds is 16. The van der Waals surface area contributed by atoms with Crippen molar-refractivity contribution in [1.82, 2.24) is 60.9 Å². The van der Waals surface area contributed by atoms with E-state index in [9.17, 15) is 53.1 Å². The van der Waals surface area contributed by atoms with E-state index in [1.807, 2.05) is 41.5 Å². The van der Waals surface area contributed by atoms with Gasteiger partial charge in [-0.05, 0) is 116 Å². The molecule has 0 spiro atoms. The van der Waals surface area contributed by atoms with Gasteiger partial charge in [0.2, 0.25) is 65.0 Å². The molecule has 6 N–H and O–H groups in total. The summed E-state index contributed by atoms with van der Waals surface area (Å²) < 4.78 is 5.40. The quantitative estimate of drug-likeness (QED) is 0.121. The van der Waals surface area contributed by atoms with Gasteiger partial charge in [-0.15, -0.1) is 0 Å². The molecule has 1 saturated heterocycles. The van der Waals surface area contributed by atoms with Crippen molar-refractivity contribution in [2.24, 2.45) is 35.5 Å². The summed E-state index contributed by atoms with van der Waals surface area (Å²) in [7, 11) is 9.65. The van der Waals surface area contributed by atoms with E-state index in [4.69, 9.17) is 4.74 Å². The lowest BCUT2D eigenvalue weighted by Crippen LogP contribution is -2.63. The van der Waals surface area contributed by atoms with Crippen LogP contribution in [0.15, 0.2) is 12.2 Å². The van der Waals surface area contributed by atoms with Crippen LogP contribution in [0.5, 0.6) is 0 Å². The Morgan fingerprint density at radius 3 is 1.49 bits per heavy atom. The second-order valence-electron chi connectivity index (χ2n) is 27.7. The Morgan fingerprint density at radius 2 is 1.02 bits per heavy atom. The summed E-state index contributed by atoms with van der Waals surface area (Å²) in [5.74, 6) is -10.5. The number of hydrogen-bond acceptors (Lipinski definition) is 14. The van der Waals surface area contributed by atoms with Gasteiger partial charge in [-0.25, -0.2) is 4.79 Å². The number of carbonyl (C=O) groups is 12. The van der Waals surface area contributed by atoms with Crippen LogP contribution < -0.4 is 26.6 Å². The van der Waals surface area contributed by atoms with Gasteiger partial charge in [-0.3, -0.25) is 52.7 Å². The summed E-state index contributed by atoms with van der Waals surface area (Å²) >= 11 is 0. The third-order valence-electron chi connectivity index (χ3n) is 16.5. The van der Waals surface area contributed by atoms with Crippen molar-refractivity contribution in [3.63, 3.8) is 0 Å². The molecule has 0 aliphatic carbocycles. The van der Waals surface area contributed by atoms with Crippen LogP contribution in [-0.4, -0.2) is 245 Å². The summed E-state index contributed by atoms with van der Waals surface area (Å²) in [4.78, 5) is 182. The number of aliphatic hydroxyl groups excluding tert-OH is 1. The van der Waals surface area contributed by atoms with Gasteiger partial charge in [-0.1, -0.05) is 95.2 Å². The highest BCUT2D eigenvalue weighted by molar-refractivity contribution is 5.99. The molecule has 12 atom stereocenters. The van der Waals surface area contributed by atoms with Crippen molar-refractivity contribution >= 4 is 71.1 Å². The maximum absolute atomic E-state index is 15.2. The van der Waals surface area contributed by atoms with Gasteiger partial charge in [0, 0.05) is 55.9 Å². The lowest BCUT2D eigenvalue weighted by molar-refractivity contribution is -0.157. The smallest absolute Gasteiger partial charge is 0.407 e. The first-order valence-electron chi connectivity index (χ1n) is 32.2. The zero-order valence-corrected chi connectivity index (χ0v) is 59.5. The van der Waals surface area contributed by atoms with Gasteiger partial charge in [-0.2, -0.15) is 0 Å². The molecule has 1 aliphatic heterocycles. The van der Waals surface area contributed by atoms with Crippen molar-refractivity contribution in [1.29, 1.82) is 0 Å². The first-order valence-corrected chi connectivity index (χ1v) is 32.2. The molecule has 91 heavy (non-hydrogen) atoms. The fourth-order valence-electron chi connectivity index (χ4n) is 10.9. The van der Waals surface area contributed by atoms with Crippen LogP contribution in [0, 0.1) is 35.5 Å². The van der Waals surface area contributed by atoms with Crippen molar-refractivity contribution in [3.05, 3.63) is 12.2 Å². The number of nitrogens with one attached hydrogen (secondary N) is 5. The van der Waals surface area contributed by atoms with Gasteiger partial charge in [0.15, 0.2) is 0 Å². The zero-order valence-electron chi connectivity index (χ0n) is 59.5. The molecule has 12 amide bonds. The minimum Gasteiger partial charge on any atom is -0.444 e. The molecular weight excluding hydrogens is 1170 g/mol.